The molecule has 1 saturated heterocycles. The van der Waals surface area contributed by atoms with Crippen LogP contribution in [0.2, 0.25) is 5.02 Å². The zero-order chi connectivity index (χ0) is 27.2. The van der Waals surface area contributed by atoms with Crippen LogP contribution in [0.3, 0.4) is 0 Å². The first kappa shape index (κ1) is 25.7. The molecule has 11 heteroatoms. The maximum Gasteiger partial charge on any atom is 0.439 e. The molecule has 0 radical (unpaired) electrons. The minimum absolute atomic E-state index is 0.243. The van der Waals surface area contributed by atoms with Gasteiger partial charge in [-0.3, -0.25) is 14.5 Å². The van der Waals surface area contributed by atoms with Gasteiger partial charge in [0, 0.05) is 31.0 Å². The van der Waals surface area contributed by atoms with Crippen molar-refractivity contribution in [3.8, 4) is 22.8 Å². The molecule has 4 aromatic heterocycles. The summed E-state index contributed by atoms with van der Waals surface area (Å²) in [4.78, 5) is 31.5. The molecular weight excluding hydrogens is 530 g/mol. The van der Waals surface area contributed by atoms with Gasteiger partial charge in [0.25, 0.3) is 0 Å². The Morgan fingerprint density at radius 2 is 1.93 bits per heavy atom. The standard InChI is InChI=1S/C29H34ClN7O3/c1-2-17-6-8-18(9-7-17)16-37-26-21(33-28(37)36-10-11-39-24-5-3-4-23(24)36)13-22(27-34-29(38)40-35-27)32-25(26)19-12-20(30)15-31-14-19/h12-15,17-18,23-24H,2-11,16H2,1H3,(H,34,35,38)/t17-,18-,23-,24-/m1/s1. The van der Waals surface area contributed by atoms with Crippen LogP contribution in [-0.4, -0.2) is 55.0 Å². The minimum atomic E-state index is -0.627. The maximum absolute atomic E-state index is 11.8. The van der Waals surface area contributed by atoms with Crippen molar-refractivity contribution in [3.63, 3.8) is 0 Å². The summed E-state index contributed by atoms with van der Waals surface area (Å²) in [7, 11) is 0. The lowest BCUT2D eigenvalue weighted by molar-refractivity contribution is 0.0247. The number of H-pyrrole nitrogens is 1. The summed E-state index contributed by atoms with van der Waals surface area (Å²) in [6.45, 7) is 4.68. The molecule has 0 unspecified atom stereocenters. The van der Waals surface area contributed by atoms with Gasteiger partial charge in [0.2, 0.25) is 11.8 Å². The van der Waals surface area contributed by atoms with Crippen LogP contribution in [0.4, 0.5) is 5.95 Å². The van der Waals surface area contributed by atoms with Crippen LogP contribution in [0.15, 0.2) is 33.8 Å². The number of hydrogen-bond donors (Lipinski definition) is 1. The van der Waals surface area contributed by atoms with Gasteiger partial charge in [-0.2, -0.15) is 0 Å². The van der Waals surface area contributed by atoms with Crippen LogP contribution in [0.25, 0.3) is 33.8 Å². The Bertz CT molecular complexity index is 1570. The zero-order valence-electron chi connectivity index (χ0n) is 22.7. The van der Waals surface area contributed by atoms with Gasteiger partial charge in [0.1, 0.15) is 5.69 Å². The molecule has 0 aromatic carbocycles. The number of aromatic amines is 1. The number of pyridine rings is 2. The average Bonchev–Trinajstić information content (AvgIpc) is 3.71. The lowest BCUT2D eigenvalue weighted by Gasteiger charge is -2.39. The molecule has 0 spiro atoms. The summed E-state index contributed by atoms with van der Waals surface area (Å²) in [6.07, 6.45) is 13.2. The molecule has 10 nitrogen and oxygen atoms in total. The quantitative estimate of drug-likeness (QED) is 0.329. The smallest absolute Gasteiger partial charge is 0.374 e. The van der Waals surface area contributed by atoms with Crippen LogP contribution >= 0.6 is 11.6 Å². The third-order valence-corrected chi connectivity index (χ3v) is 9.30. The summed E-state index contributed by atoms with van der Waals surface area (Å²) in [5.41, 5.74) is 3.72. The lowest BCUT2D eigenvalue weighted by atomic mass is 9.81. The van der Waals surface area contributed by atoms with Crippen LogP contribution in [0.5, 0.6) is 0 Å². The number of nitrogens with zero attached hydrogens (tertiary/aromatic N) is 6. The van der Waals surface area contributed by atoms with Gasteiger partial charge in [-0.1, -0.05) is 42.9 Å². The number of halogens is 1. The van der Waals surface area contributed by atoms with Crippen molar-refractivity contribution in [2.24, 2.45) is 11.8 Å². The molecule has 1 aliphatic heterocycles. The number of rotatable bonds is 6. The van der Waals surface area contributed by atoms with Crippen molar-refractivity contribution < 1.29 is 9.26 Å². The molecule has 2 atom stereocenters. The largest absolute Gasteiger partial charge is 0.439 e. The molecule has 4 aromatic rings. The third-order valence-electron chi connectivity index (χ3n) is 9.09. The number of hydrogen-bond acceptors (Lipinski definition) is 8. The Hall–Kier alpha value is -3.24. The Labute approximate surface area is 237 Å². The number of anilines is 1. The molecule has 2 saturated carbocycles. The highest BCUT2D eigenvalue weighted by Gasteiger charge is 2.39. The molecule has 0 amide bonds. The second-order valence-electron chi connectivity index (χ2n) is 11.5. The van der Waals surface area contributed by atoms with E-state index in [-0.39, 0.29) is 11.9 Å². The first-order valence-electron chi connectivity index (χ1n) is 14.5. The van der Waals surface area contributed by atoms with Gasteiger partial charge in [-0.05, 0) is 56.1 Å². The van der Waals surface area contributed by atoms with Crippen LogP contribution in [0.1, 0.15) is 58.3 Å². The second-order valence-corrected chi connectivity index (χ2v) is 11.9. The van der Waals surface area contributed by atoms with Crippen molar-refractivity contribution >= 4 is 28.6 Å². The highest BCUT2D eigenvalue weighted by atomic mass is 35.5. The Balaban J connectivity index is 1.42. The molecule has 7 rings (SSSR count). The van der Waals surface area contributed by atoms with Crippen LogP contribution < -0.4 is 10.7 Å². The van der Waals surface area contributed by atoms with Crippen LogP contribution in [-0.2, 0) is 11.3 Å². The van der Waals surface area contributed by atoms with Gasteiger partial charge < -0.3 is 14.2 Å². The molecule has 0 bridgehead atoms. The lowest BCUT2D eigenvalue weighted by Crippen LogP contribution is -2.49. The predicted molar refractivity (Wildman–Crippen MR) is 152 cm³/mol. The number of nitrogens with one attached hydrogen (secondary N) is 1. The number of aromatic nitrogens is 6. The number of ether oxygens (including phenoxy) is 1. The normalized spacial score (nSPS) is 25.0. The van der Waals surface area contributed by atoms with Gasteiger partial charge >= 0.3 is 5.76 Å². The van der Waals surface area contributed by atoms with Crippen LogP contribution in [0, 0.1) is 11.8 Å². The van der Waals surface area contributed by atoms with E-state index >= 15 is 0 Å². The molecule has 40 heavy (non-hydrogen) atoms. The number of imidazole rings is 1. The predicted octanol–water partition coefficient (Wildman–Crippen LogP) is 5.46. The van der Waals surface area contributed by atoms with Crippen molar-refractivity contribution in [2.45, 2.75) is 77.0 Å². The van der Waals surface area contributed by atoms with E-state index in [1.165, 1.54) is 32.1 Å². The fourth-order valence-electron chi connectivity index (χ4n) is 7.00. The minimum Gasteiger partial charge on any atom is -0.374 e. The molecular formula is C29H34ClN7O3. The highest BCUT2D eigenvalue weighted by Crippen LogP contribution is 2.40. The van der Waals surface area contributed by atoms with E-state index in [1.54, 1.807) is 12.4 Å². The second kappa shape index (κ2) is 10.6. The van der Waals surface area contributed by atoms with Gasteiger partial charge in [0.15, 0.2) is 0 Å². The van der Waals surface area contributed by atoms with E-state index in [0.29, 0.717) is 35.0 Å². The fraction of sp³-hybridized carbons (Fsp3) is 0.552. The van der Waals surface area contributed by atoms with Crippen molar-refractivity contribution in [2.75, 3.05) is 18.1 Å². The first-order valence-corrected chi connectivity index (χ1v) is 14.9. The molecule has 5 heterocycles. The molecule has 210 valence electrons. The summed E-state index contributed by atoms with van der Waals surface area (Å²) in [5, 5.41) is 4.43. The zero-order valence-corrected chi connectivity index (χ0v) is 23.4. The maximum atomic E-state index is 11.8. The Morgan fingerprint density at radius 1 is 1.07 bits per heavy atom. The van der Waals surface area contributed by atoms with E-state index in [0.717, 1.165) is 60.8 Å². The van der Waals surface area contributed by atoms with E-state index < -0.39 is 5.76 Å². The third kappa shape index (κ3) is 4.71. The van der Waals surface area contributed by atoms with Crippen molar-refractivity contribution in [3.05, 3.63) is 40.1 Å². The van der Waals surface area contributed by atoms with E-state index in [1.807, 2.05) is 12.1 Å². The number of fused-ring (bicyclic) bond motifs is 2. The summed E-state index contributed by atoms with van der Waals surface area (Å²) < 4.78 is 13.4. The average molecular weight is 564 g/mol. The molecule has 3 aliphatic rings. The Kier molecular flexibility index (Phi) is 6.83. The monoisotopic (exact) mass is 563 g/mol. The SMILES string of the molecule is CC[C@H]1CC[C@H](Cn2c(N3CCO[C@@H]4CCC[C@H]43)nc3cc(-c4noc(=O)[nH]4)nc(-c4cncc(Cl)c4)c32)CC1. The van der Waals surface area contributed by atoms with Crippen molar-refractivity contribution in [1.82, 2.24) is 29.7 Å². The Morgan fingerprint density at radius 3 is 2.70 bits per heavy atom. The molecule has 1 N–H and O–H groups in total. The highest BCUT2D eigenvalue weighted by molar-refractivity contribution is 6.30. The fourth-order valence-corrected chi connectivity index (χ4v) is 7.17. The topological polar surface area (TPSA) is 115 Å². The van der Waals surface area contributed by atoms with Gasteiger partial charge in [0.05, 0.1) is 40.5 Å². The molecule has 2 aliphatic carbocycles. The summed E-state index contributed by atoms with van der Waals surface area (Å²) >= 11 is 6.41. The van der Waals surface area contributed by atoms with Gasteiger partial charge in [-0.15, -0.1) is 0 Å². The first-order chi connectivity index (χ1) is 19.6. The van der Waals surface area contributed by atoms with Crippen molar-refractivity contribution in [1.29, 1.82) is 0 Å². The van der Waals surface area contributed by atoms with Gasteiger partial charge in [-0.25, -0.2) is 14.8 Å². The number of morpholine rings is 1. The molecule has 3 fully saturated rings. The van der Waals surface area contributed by atoms with E-state index in [2.05, 4.69) is 31.5 Å². The summed E-state index contributed by atoms with van der Waals surface area (Å²) in [6, 6.07) is 4.08. The van der Waals surface area contributed by atoms with E-state index in [4.69, 9.17) is 30.8 Å². The summed E-state index contributed by atoms with van der Waals surface area (Å²) in [5.74, 6) is 2.00. The van der Waals surface area contributed by atoms with E-state index in [9.17, 15) is 4.79 Å².